The van der Waals surface area contributed by atoms with Gasteiger partial charge in [0.15, 0.2) is 10.7 Å². The normalized spacial score (nSPS) is 13.6. The zero-order valence-corrected chi connectivity index (χ0v) is 28.3. The quantitative estimate of drug-likeness (QED) is 0.0357. The largest absolute Gasteiger partial charge is 0.370 e. The van der Waals surface area contributed by atoms with Crippen molar-refractivity contribution in [3.63, 3.8) is 0 Å². The van der Waals surface area contributed by atoms with Gasteiger partial charge in [-0.15, -0.1) is 0 Å². The molecule has 16 heteroatoms. The van der Waals surface area contributed by atoms with E-state index in [-0.39, 0.29) is 31.3 Å². The van der Waals surface area contributed by atoms with Gasteiger partial charge in [-0.3, -0.25) is 24.6 Å². The molecule has 0 saturated heterocycles. The molecule has 0 saturated carbocycles. The fourth-order valence-corrected chi connectivity index (χ4v) is 5.13. The lowest BCUT2D eigenvalue weighted by Gasteiger charge is -2.27. The number of amides is 4. The molecule has 0 fully saturated rings. The number of nitrogens with one attached hydrogen (secondary N) is 7. The topological polar surface area (TPSA) is 251 Å². The van der Waals surface area contributed by atoms with E-state index >= 15 is 0 Å². The minimum Gasteiger partial charge on any atom is -0.370 e. The lowest BCUT2D eigenvalue weighted by molar-refractivity contribution is -0.133. The average Bonchev–Trinajstić information content (AvgIpc) is 3.33. The summed E-state index contributed by atoms with van der Waals surface area (Å²) in [4.78, 5) is 56.3. The molecule has 2 rings (SSSR count). The monoisotopic (exact) mass is 673 g/mol. The van der Waals surface area contributed by atoms with Crippen LogP contribution < -0.4 is 43.8 Å². The summed E-state index contributed by atoms with van der Waals surface area (Å²) < 4.78 is 2.14. The van der Waals surface area contributed by atoms with Crippen LogP contribution in [-0.2, 0) is 39.1 Å². The number of unbranched alkanes of at least 4 members (excludes halogenated alkanes) is 1. The molecule has 4 atom stereocenters. The van der Waals surface area contributed by atoms with Gasteiger partial charge in [0.05, 0.1) is 6.04 Å². The molecule has 4 amide bonds. The van der Waals surface area contributed by atoms with E-state index in [0.717, 1.165) is 5.56 Å². The summed E-state index contributed by atoms with van der Waals surface area (Å²) in [6.45, 7) is 4.62. The number of aromatic amines is 1. The number of aromatic nitrogens is 2. The Bertz CT molecular complexity index is 1380. The Morgan fingerprint density at radius 1 is 0.872 bits per heavy atom. The number of carbonyl (C=O) groups is 4. The third kappa shape index (κ3) is 13.9. The second-order valence-electron chi connectivity index (χ2n) is 11.8. The van der Waals surface area contributed by atoms with Gasteiger partial charge in [0, 0.05) is 44.4 Å². The number of hydrogen-bond donors (Lipinski definition) is 10. The third-order valence-electron chi connectivity index (χ3n) is 7.50. The van der Waals surface area contributed by atoms with Crippen LogP contribution in [0.15, 0.2) is 36.5 Å². The van der Waals surface area contributed by atoms with E-state index < -0.39 is 47.8 Å². The van der Waals surface area contributed by atoms with E-state index in [1.807, 2.05) is 44.2 Å². The maximum Gasteiger partial charge on any atom is 0.243 e. The van der Waals surface area contributed by atoms with Gasteiger partial charge in [-0.1, -0.05) is 44.2 Å². The van der Waals surface area contributed by atoms with E-state index in [2.05, 4.69) is 31.6 Å². The van der Waals surface area contributed by atoms with Crippen LogP contribution in [0.2, 0.25) is 0 Å². The molecule has 13 N–H and O–H groups in total. The van der Waals surface area contributed by atoms with Gasteiger partial charge in [0.2, 0.25) is 23.6 Å². The summed E-state index contributed by atoms with van der Waals surface area (Å²) in [5.74, 6) is -2.43. The van der Waals surface area contributed by atoms with Crippen molar-refractivity contribution in [2.24, 2.45) is 24.2 Å². The molecule has 1 aromatic heterocycles. The minimum absolute atomic E-state index is 0.0336. The first kappa shape index (κ1) is 38.9. The number of nitrogens with two attached hydrogens (primary N) is 3. The number of rotatable bonds is 21. The molecule has 0 aliphatic heterocycles. The van der Waals surface area contributed by atoms with Crippen LogP contribution in [0.3, 0.4) is 0 Å². The molecule has 47 heavy (non-hydrogen) atoms. The van der Waals surface area contributed by atoms with Crippen LogP contribution in [-0.4, -0.2) is 82.4 Å². The molecule has 0 radical (unpaired) electrons. The highest BCUT2D eigenvalue weighted by Crippen LogP contribution is 2.10. The highest BCUT2D eigenvalue weighted by molar-refractivity contribution is 7.71. The van der Waals surface area contributed by atoms with Gasteiger partial charge in [-0.2, -0.15) is 0 Å². The molecule has 0 aliphatic rings. The average molecular weight is 674 g/mol. The highest BCUT2D eigenvalue weighted by Gasteiger charge is 2.31. The predicted octanol–water partition coefficient (Wildman–Crippen LogP) is -0.434. The number of nitrogens with zero attached hydrogens (tertiary/aromatic N) is 1. The molecule has 0 spiro atoms. The molecule has 260 valence electrons. The van der Waals surface area contributed by atoms with Crippen molar-refractivity contribution in [3.8, 4) is 0 Å². The second kappa shape index (κ2) is 20.1. The zero-order valence-electron chi connectivity index (χ0n) is 27.4. The van der Waals surface area contributed by atoms with E-state index in [0.29, 0.717) is 49.2 Å². The summed E-state index contributed by atoms with van der Waals surface area (Å²) in [5, 5.41) is 21.7. The van der Waals surface area contributed by atoms with Crippen molar-refractivity contribution in [1.29, 1.82) is 5.41 Å². The molecule has 0 aliphatic carbocycles. The zero-order chi connectivity index (χ0) is 34.9. The van der Waals surface area contributed by atoms with Crippen molar-refractivity contribution >= 4 is 41.8 Å². The Balaban J connectivity index is 2.30. The molecule has 0 bridgehead atoms. The summed E-state index contributed by atoms with van der Waals surface area (Å²) in [6, 6.07) is 5.36. The maximum atomic E-state index is 13.9. The lowest BCUT2D eigenvalue weighted by atomic mass is 10.0. The minimum atomic E-state index is -1.08. The number of imidazole rings is 1. The molecule has 1 unspecified atom stereocenters. The Kier molecular flexibility index (Phi) is 16.6. The van der Waals surface area contributed by atoms with Crippen LogP contribution in [0.4, 0.5) is 0 Å². The summed E-state index contributed by atoms with van der Waals surface area (Å²) >= 11 is 5.30. The summed E-state index contributed by atoms with van der Waals surface area (Å²) in [7, 11) is 1.75. The Hall–Kier alpha value is -4.28. The predicted molar refractivity (Wildman–Crippen MR) is 184 cm³/mol. The number of primary amides is 1. The number of benzene rings is 1. The Morgan fingerprint density at radius 2 is 1.47 bits per heavy atom. The van der Waals surface area contributed by atoms with Gasteiger partial charge in [0.1, 0.15) is 18.1 Å². The van der Waals surface area contributed by atoms with Crippen LogP contribution in [0.1, 0.15) is 57.2 Å². The lowest BCUT2D eigenvalue weighted by Crippen LogP contribution is -2.58. The number of guanidine groups is 1. The van der Waals surface area contributed by atoms with Crippen LogP contribution >= 0.6 is 12.2 Å². The van der Waals surface area contributed by atoms with Crippen molar-refractivity contribution in [2.45, 2.75) is 89.0 Å². The molecule has 2 aromatic rings. The van der Waals surface area contributed by atoms with Crippen LogP contribution in [0.5, 0.6) is 0 Å². The molecular formula is C31H51N11O4S. The van der Waals surface area contributed by atoms with E-state index in [1.54, 1.807) is 17.8 Å². The van der Waals surface area contributed by atoms with Crippen LogP contribution in [0.25, 0.3) is 0 Å². The van der Waals surface area contributed by atoms with E-state index in [9.17, 15) is 19.2 Å². The first-order chi connectivity index (χ1) is 22.3. The number of H-pyrrole nitrogens is 1. The van der Waals surface area contributed by atoms with Gasteiger partial charge in [-0.25, -0.2) is 0 Å². The standard InChI is InChI=1S/C31H51N11O4S/c1-19(2)38-22(13-9-15-36-30(34)35)27(44)41-25(17-21-18-37-31(47)42(21)3)29(46)39-23(12-7-8-14-32)28(45)40-24(26(33)43)16-20-10-5-4-6-11-20/h4-6,10-11,18-19,22-25,38H,7-9,12-17,32H2,1-3H3,(H2,33,43)(H,37,47)(H,39,46)(H,40,45)(H,41,44)(H4,34,35,36)/t22?,23-,24-,25-/m0/s1. The first-order valence-electron chi connectivity index (χ1n) is 15.8. The van der Waals surface area contributed by atoms with E-state index in [4.69, 9.17) is 34.8 Å². The van der Waals surface area contributed by atoms with Gasteiger partial charge in [0.25, 0.3) is 0 Å². The van der Waals surface area contributed by atoms with Crippen molar-refractivity contribution < 1.29 is 19.2 Å². The second-order valence-corrected chi connectivity index (χ2v) is 12.2. The van der Waals surface area contributed by atoms with Crippen molar-refractivity contribution in [1.82, 2.24) is 36.1 Å². The molecular weight excluding hydrogens is 622 g/mol. The van der Waals surface area contributed by atoms with Gasteiger partial charge >= 0.3 is 0 Å². The summed E-state index contributed by atoms with van der Waals surface area (Å²) in [5.41, 5.74) is 18.2. The third-order valence-corrected chi connectivity index (χ3v) is 7.89. The van der Waals surface area contributed by atoms with Gasteiger partial charge < -0.3 is 53.3 Å². The molecule has 1 heterocycles. The van der Waals surface area contributed by atoms with Crippen LogP contribution in [0, 0.1) is 10.2 Å². The maximum absolute atomic E-state index is 13.9. The fourth-order valence-electron chi connectivity index (χ4n) is 4.96. The first-order valence-corrected chi connectivity index (χ1v) is 16.2. The number of hydrogen-bond acceptors (Lipinski definition) is 8. The van der Waals surface area contributed by atoms with Gasteiger partial charge in [-0.05, 0) is 56.4 Å². The molecule has 1 aromatic carbocycles. The Labute approximate surface area is 281 Å². The Morgan fingerprint density at radius 3 is 2.04 bits per heavy atom. The fraction of sp³-hybridized carbons (Fsp3) is 0.548. The van der Waals surface area contributed by atoms with E-state index in [1.165, 1.54) is 0 Å². The smallest absolute Gasteiger partial charge is 0.243 e. The summed E-state index contributed by atoms with van der Waals surface area (Å²) in [6.07, 6.45) is 4.28. The van der Waals surface area contributed by atoms with Crippen molar-refractivity contribution in [3.05, 3.63) is 52.6 Å². The highest BCUT2D eigenvalue weighted by atomic mass is 32.1. The van der Waals surface area contributed by atoms with Crippen molar-refractivity contribution in [2.75, 3.05) is 13.1 Å². The molecule has 15 nitrogen and oxygen atoms in total. The SMILES string of the molecule is CC(C)NC(CCCNC(=N)N)C(=O)N[C@@H](Cc1c[nH]c(=S)n1C)C(=O)N[C@@H](CCCCN)C(=O)N[C@@H](Cc1ccccc1)C(N)=O. The number of carbonyl (C=O) groups excluding carboxylic acids is 4.